The fraction of sp³-hybridized carbons (Fsp3) is 0.625. The molecule has 1 saturated heterocycles. The van der Waals surface area contributed by atoms with Crippen LogP contribution in [0.1, 0.15) is 32.6 Å². The number of likely N-dealkylation sites (tertiary alicyclic amines) is 1. The molecule has 0 radical (unpaired) electrons. The lowest BCUT2D eigenvalue weighted by Gasteiger charge is -2.16. The molecule has 0 aliphatic carbocycles. The fourth-order valence-electron chi connectivity index (χ4n) is 2.80. The summed E-state index contributed by atoms with van der Waals surface area (Å²) in [5, 5.41) is 0. The zero-order valence-electron chi connectivity index (χ0n) is 12.0. The molecule has 0 amide bonds. The van der Waals surface area contributed by atoms with Crippen molar-refractivity contribution in [2.75, 3.05) is 32.0 Å². The molecule has 2 N–H and O–H groups in total. The van der Waals surface area contributed by atoms with Crippen LogP contribution < -0.4 is 10.5 Å². The van der Waals surface area contributed by atoms with E-state index in [1.165, 1.54) is 32.4 Å². The van der Waals surface area contributed by atoms with Gasteiger partial charge in [-0.05, 0) is 56.0 Å². The highest BCUT2D eigenvalue weighted by atomic mass is 16.5. The minimum absolute atomic E-state index is 0.784. The maximum absolute atomic E-state index is 5.71. The monoisotopic (exact) mass is 262 g/mol. The minimum atomic E-state index is 0.784. The van der Waals surface area contributed by atoms with Gasteiger partial charge in [0.15, 0.2) is 0 Å². The average molecular weight is 262 g/mol. The van der Waals surface area contributed by atoms with Crippen LogP contribution in [0.2, 0.25) is 0 Å². The van der Waals surface area contributed by atoms with E-state index in [1.54, 1.807) is 0 Å². The predicted octanol–water partition coefficient (Wildman–Crippen LogP) is 3.16. The van der Waals surface area contributed by atoms with Gasteiger partial charge >= 0.3 is 0 Å². The lowest BCUT2D eigenvalue weighted by atomic mass is 10.0. The van der Waals surface area contributed by atoms with Gasteiger partial charge in [-0.3, -0.25) is 0 Å². The summed E-state index contributed by atoms with van der Waals surface area (Å²) in [4.78, 5) is 2.58. The molecule has 3 heteroatoms. The van der Waals surface area contributed by atoms with Crippen LogP contribution in [0.3, 0.4) is 0 Å². The standard InChI is InChI=1S/C16H26N2O/c1-2-4-14-9-11-18(13-14)10-3-12-19-16-7-5-15(17)6-8-16/h5-8,14H,2-4,9-13,17H2,1H3. The Balaban J connectivity index is 1.58. The van der Waals surface area contributed by atoms with Crippen molar-refractivity contribution in [1.29, 1.82) is 0 Å². The molecular formula is C16H26N2O. The van der Waals surface area contributed by atoms with Crippen molar-refractivity contribution in [3.05, 3.63) is 24.3 Å². The van der Waals surface area contributed by atoms with E-state index in [2.05, 4.69) is 11.8 Å². The number of nitrogens with two attached hydrogens (primary N) is 1. The van der Waals surface area contributed by atoms with Crippen LogP contribution in [0.4, 0.5) is 5.69 Å². The molecule has 0 spiro atoms. The van der Waals surface area contributed by atoms with Crippen LogP contribution in [0.15, 0.2) is 24.3 Å². The van der Waals surface area contributed by atoms with E-state index in [-0.39, 0.29) is 0 Å². The van der Waals surface area contributed by atoms with Crippen LogP contribution in [-0.4, -0.2) is 31.1 Å². The quantitative estimate of drug-likeness (QED) is 0.606. The Kier molecular flexibility index (Phi) is 5.52. The summed E-state index contributed by atoms with van der Waals surface area (Å²) in [5.74, 6) is 1.85. The second-order valence-corrected chi connectivity index (χ2v) is 5.52. The van der Waals surface area contributed by atoms with E-state index in [0.29, 0.717) is 0 Å². The molecule has 1 unspecified atom stereocenters. The van der Waals surface area contributed by atoms with Crippen molar-refractivity contribution < 1.29 is 4.74 Å². The zero-order valence-corrected chi connectivity index (χ0v) is 12.0. The van der Waals surface area contributed by atoms with E-state index in [4.69, 9.17) is 10.5 Å². The number of hydrogen-bond donors (Lipinski definition) is 1. The van der Waals surface area contributed by atoms with Crippen molar-refractivity contribution in [2.45, 2.75) is 32.6 Å². The minimum Gasteiger partial charge on any atom is -0.494 e. The Hall–Kier alpha value is -1.22. The topological polar surface area (TPSA) is 38.5 Å². The van der Waals surface area contributed by atoms with Crippen LogP contribution in [0, 0.1) is 5.92 Å². The first-order valence-electron chi connectivity index (χ1n) is 7.48. The molecule has 1 fully saturated rings. The third-order valence-electron chi connectivity index (χ3n) is 3.83. The Morgan fingerprint density at radius 2 is 2.11 bits per heavy atom. The highest BCUT2D eigenvalue weighted by Crippen LogP contribution is 2.20. The first-order valence-corrected chi connectivity index (χ1v) is 7.48. The van der Waals surface area contributed by atoms with Crippen molar-refractivity contribution in [2.24, 2.45) is 5.92 Å². The highest BCUT2D eigenvalue weighted by Gasteiger charge is 2.20. The van der Waals surface area contributed by atoms with Gasteiger partial charge in [-0.2, -0.15) is 0 Å². The van der Waals surface area contributed by atoms with Crippen LogP contribution in [0.25, 0.3) is 0 Å². The second-order valence-electron chi connectivity index (χ2n) is 5.52. The smallest absolute Gasteiger partial charge is 0.119 e. The Labute approximate surface area is 116 Å². The molecule has 0 aromatic heterocycles. The third-order valence-corrected chi connectivity index (χ3v) is 3.83. The van der Waals surface area contributed by atoms with Gasteiger partial charge in [0.05, 0.1) is 6.61 Å². The van der Waals surface area contributed by atoms with Gasteiger partial charge in [0.25, 0.3) is 0 Å². The van der Waals surface area contributed by atoms with E-state index in [0.717, 1.165) is 36.9 Å². The normalized spacial score (nSPS) is 19.7. The molecule has 19 heavy (non-hydrogen) atoms. The first kappa shape index (κ1) is 14.2. The number of rotatable bonds is 7. The van der Waals surface area contributed by atoms with Crippen molar-refractivity contribution in [3.63, 3.8) is 0 Å². The maximum Gasteiger partial charge on any atom is 0.119 e. The van der Waals surface area contributed by atoms with Crippen molar-refractivity contribution >= 4 is 5.69 Å². The molecule has 1 heterocycles. The van der Waals surface area contributed by atoms with E-state index in [1.807, 2.05) is 24.3 Å². The number of nitrogen functional groups attached to an aromatic ring is 1. The largest absolute Gasteiger partial charge is 0.494 e. The van der Waals surface area contributed by atoms with Gasteiger partial charge < -0.3 is 15.4 Å². The lowest BCUT2D eigenvalue weighted by Crippen LogP contribution is -2.23. The van der Waals surface area contributed by atoms with Gasteiger partial charge in [0, 0.05) is 18.8 Å². The van der Waals surface area contributed by atoms with Gasteiger partial charge in [-0.1, -0.05) is 13.3 Å². The molecular weight excluding hydrogens is 236 g/mol. The Morgan fingerprint density at radius 1 is 1.32 bits per heavy atom. The summed E-state index contributed by atoms with van der Waals surface area (Å²) >= 11 is 0. The molecule has 1 aliphatic rings. The Morgan fingerprint density at radius 3 is 2.84 bits per heavy atom. The maximum atomic E-state index is 5.71. The third kappa shape index (κ3) is 4.75. The van der Waals surface area contributed by atoms with Crippen molar-refractivity contribution in [3.8, 4) is 5.75 Å². The predicted molar refractivity (Wildman–Crippen MR) is 80.4 cm³/mol. The lowest BCUT2D eigenvalue weighted by molar-refractivity contribution is 0.257. The number of anilines is 1. The highest BCUT2D eigenvalue weighted by molar-refractivity contribution is 5.41. The van der Waals surface area contributed by atoms with Gasteiger partial charge in [0.1, 0.15) is 5.75 Å². The fourth-order valence-corrected chi connectivity index (χ4v) is 2.80. The summed E-state index contributed by atoms with van der Waals surface area (Å²) in [5.41, 5.74) is 6.42. The molecule has 1 aliphatic heterocycles. The summed E-state index contributed by atoms with van der Waals surface area (Å²) in [6.45, 7) is 6.79. The number of benzene rings is 1. The zero-order chi connectivity index (χ0) is 13.5. The number of hydrogen-bond acceptors (Lipinski definition) is 3. The van der Waals surface area contributed by atoms with Gasteiger partial charge in [-0.25, -0.2) is 0 Å². The number of ether oxygens (including phenoxy) is 1. The van der Waals surface area contributed by atoms with Crippen molar-refractivity contribution in [1.82, 2.24) is 4.90 Å². The van der Waals surface area contributed by atoms with E-state index >= 15 is 0 Å². The number of nitrogens with zero attached hydrogens (tertiary/aromatic N) is 1. The first-order chi connectivity index (χ1) is 9.28. The summed E-state index contributed by atoms with van der Waals surface area (Å²) in [6.07, 6.45) is 5.19. The molecule has 1 aromatic carbocycles. The van der Waals surface area contributed by atoms with Gasteiger partial charge in [-0.15, -0.1) is 0 Å². The van der Waals surface area contributed by atoms with Crippen LogP contribution in [0.5, 0.6) is 5.75 Å². The summed E-state index contributed by atoms with van der Waals surface area (Å²) < 4.78 is 5.71. The molecule has 0 bridgehead atoms. The molecule has 3 nitrogen and oxygen atoms in total. The van der Waals surface area contributed by atoms with Crippen LogP contribution >= 0.6 is 0 Å². The molecule has 0 saturated carbocycles. The molecule has 1 atom stereocenters. The van der Waals surface area contributed by atoms with Crippen LogP contribution in [-0.2, 0) is 0 Å². The second kappa shape index (κ2) is 7.39. The summed E-state index contributed by atoms with van der Waals surface area (Å²) in [6, 6.07) is 7.63. The average Bonchev–Trinajstić information content (AvgIpc) is 2.85. The summed E-state index contributed by atoms with van der Waals surface area (Å²) in [7, 11) is 0. The van der Waals surface area contributed by atoms with E-state index in [9.17, 15) is 0 Å². The molecule has 1 aromatic rings. The SMILES string of the molecule is CCCC1CCN(CCCOc2ccc(N)cc2)C1. The van der Waals surface area contributed by atoms with E-state index < -0.39 is 0 Å². The Bertz CT molecular complexity index is 364. The molecule has 106 valence electrons. The molecule has 2 rings (SSSR count). The van der Waals surface area contributed by atoms with Gasteiger partial charge in [0.2, 0.25) is 0 Å².